The van der Waals surface area contributed by atoms with Crippen molar-refractivity contribution < 1.29 is 19.4 Å². The Morgan fingerprint density at radius 1 is 1.00 bits per heavy atom. The number of amides is 2. The Balaban J connectivity index is 1.38. The number of carbonyl (C=O) groups is 2. The van der Waals surface area contributed by atoms with Gasteiger partial charge < -0.3 is 26.2 Å². The second-order valence-electron chi connectivity index (χ2n) is 9.03. The number of benzene rings is 3. The Bertz CT molecular complexity index is 1180. The second-order valence-corrected chi connectivity index (χ2v) is 9.03. The minimum atomic E-state index is -0.546. The largest absolute Gasteiger partial charge is 0.508 e. The highest BCUT2D eigenvalue weighted by molar-refractivity contribution is 5.97. The standard InChI is InChI=1S/C28H31N3O4/c1-18(29)20-4-6-21(7-5-20)22-8-11-26(25(17-22)28(30)34)35-24-12-14-31(15-13-24)27(33)16-19-2-9-23(32)10-3-19/h2-11,17-18,24,32H,12-16,29H2,1H3,(H2,30,34). The minimum absolute atomic E-state index is 0.0458. The third kappa shape index (κ3) is 6.00. The van der Waals surface area contributed by atoms with E-state index in [0.29, 0.717) is 43.7 Å². The summed E-state index contributed by atoms with van der Waals surface area (Å²) in [5, 5.41) is 9.40. The summed E-state index contributed by atoms with van der Waals surface area (Å²) in [6, 6.07) is 20.0. The first-order valence-corrected chi connectivity index (χ1v) is 11.8. The Hall–Kier alpha value is -3.84. The molecule has 1 aliphatic rings. The van der Waals surface area contributed by atoms with Gasteiger partial charge in [-0.2, -0.15) is 0 Å². The van der Waals surface area contributed by atoms with Crippen LogP contribution >= 0.6 is 0 Å². The van der Waals surface area contributed by atoms with Crippen molar-refractivity contribution in [2.45, 2.75) is 38.3 Å². The number of primary amides is 1. The van der Waals surface area contributed by atoms with Gasteiger partial charge in [0.1, 0.15) is 17.6 Å². The zero-order valence-electron chi connectivity index (χ0n) is 19.8. The molecule has 0 radical (unpaired) electrons. The highest BCUT2D eigenvalue weighted by Crippen LogP contribution is 2.29. The van der Waals surface area contributed by atoms with E-state index in [1.165, 1.54) is 0 Å². The van der Waals surface area contributed by atoms with Gasteiger partial charge in [0.15, 0.2) is 0 Å². The maximum absolute atomic E-state index is 12.6. The van der Waals surface area contributed by atoms with Crippen LogP contribution in [-0.4, -0.2) is 41.0 Å². The molecule has 1 fully saturated rings. The minimum Gasteiger partial charge on any atom is -0.508 e. The number of rotatable bonds is 7. The van der Waals surface area contributed by atoms with Gasteiger partial charge in [-0.1, -0.05) is 42.5 Å². The van der Waals surface area contributed by atoms with Crippen LogP contribution in [0.2, 0.25) is 0 Å². The molecule has 2 amide bonds. The molecule has 7 nitrogen and oxygen atoms in total. The van der Waals surface area contributed by atoms with Crippen LogP contribution in [0.15, 0.2) is 66.7 Å². The Morgan fingerprint density at radius 2 is 1.63 bits per heavy atom. The summed E-state index contributed by atoms with van der Waals surface area (Å²) in [6.45, 7) is 3.09. The van der Waals surface area contributed by atoms with Gasteiger partial charge in [-0.3, -0.25) is 9.59 Å². The molecular formula is C28H31N3O4. The van der Waals surface area contributed by atoms with E-state index in [4.69, 9.17) is 16.2 Å². The Morgan fingerprint density at radius 3 is 2.23 bits per heavy atom. The lowest BCUT2D eigenvalue weighted by molar-refractivity contribution is -0.132. The smallest absolute Gasteiger partial charge is 0.252 e. The van der Waals surface area contributed by atoms with E-state index < -0.39 is 5.91 Å². The molecule has 0 aliphatic carbocycles. The average Bonchev–Trinajstić information content (AvgIpc) is 2.86. The van der Waals surface area contributed by atoms with Gasteiger partial charge in [-0.05, 0) is 53.4 Å². The van der Waals surface area contributed by atoms with Crippen LogP contribution in [0.3, 0.4) is 0 Å². The van der Waals surface area contributed by atoms with E-state index in [0.717, 1.165) is 22.3 Å². The van der Waals surface area contributed by atoms with E-state index in [1.807, 2.05) is 42.2 Å². The fourth-order valence-electron chi connectivity index (χ4n) is 4.29. The maximum atomic E-state index is 12.6. The van der Waals surface area contributed by atoms with Crippen molar-refractivity contribution in [3.63, 3.8) is 0 Å². The molecule has 0 spiro atoms. The molecule has 182 valence electrons. The van der Waals surface area contributed by atoms with Crippen LogP contribution in [0.25, 0.3) is 11.1 Å². The summed E-state index contributed by atoms with van der Waals surface area (Å²) < 4.78 is 6.17. The molecule has 4 rings (SSSR count). The van der Waals surface area contributed by atoms with Gasteiger partial charge >= 0.3 is 0 Å². The van der Waals surface area contributed by atoms with Gasteiger partial charge in [0.2, 0.25) is 5.91 Å². The van der Waals surface area contributed by atoms with Crippen molar-refractivity contribution in [2.24, 2.45) is 11.5 Å². The molecule has 1 atom stereocenters. The van der Waals surface area contributed by atoms with Gasteiger partial charge in [0.25, 0.3) is 5.91 Å². The second kappa shape index (κ2) is 10.6. The SMILES string of the molecule is CC(N)c1ccc(-c2ccc(OC3CCN(C(=O)Cc4ccc(O)cc4)CC3)c(C(N)=O)c2)cc1. The zero-order valence-corrected chi connectivity index (χ0v) is 19.8. The summed E-state index contributed by atoms with van der Waals surface area (Å²) in [5.74, 6) is 0.144. The van der Waals surface area contributed by atoms with Gasteiger partial charge in [0.05, 0.1) is 12.0 Å². The fourth-order valence-corrected chi connectivity index (χ4v) is 4.29. The van der Waals surface area contributed by atoms with E-state index >= 15 is 0 Å². The lowest BCUT2D eigenvalue weighted by Gasteiger charge is -2.32. The molecule has 1 heterocycles. The molecule has 1 saturated heterocycles. The summed E-state index contributed by atoms with van der Waals surface area (Å²) >= 11 is 0. The highest BCUT2D eigenvalue weighted by atomic mass is 16.5. The average molecular weight is 474 g/mol. The Labute approximate surface area is 205 Å². The first-order chi connectivity index (χ1) is 16.8. The lowest BCUT2D eigenvalue weighted by atomic mass is 9.99. The molecule has 3 aromatic rings. The summed E-state index contributed by atoms with van der Waals surface area (Å²) in [6.07, 6.45) is 1.52. The molecular weight excluding hydrogens is 442 g/mol. The number of likely N-dealkylation sites (tertiary alicyclic amines) is 1. The van der Waals surface area contributed by atoms with Crippen molar-refractivity contribution in [1.82, 2.24) is 4.90 Å². The van der Waals surface area contributed by atoms with Crippen LogP contribution in [0, 0.1) is 0 Å². The number of ether oxygens (including phenoxy) is 1. The number of aromatic hydroxyl groups is 1. The predicted molar refractivity (Wildman–Crippen MR) is 135 cm³/mol. The Kier molecular flexibility index (Phi) is 7.36. The number of nitrogens with two attached hydrogens (primary N) is 2. The van der Waals surface area contributed by atoms with Crippen molar-refractivity contribution >= 4 is 11.8 Å². The molecule has 35 heavy (non-hydrogen) atoms. The van der Waals surface area contributed by atoms with Gasteiger partial charge in [-0.25, -0.2) is 0 Å². The third-order valence-corrected chi connectivity index (χ3v) is 6.39. The molecule has 0 bridgehead atoms. The van der Waals surface area contributed by atoms with Crippen molar-refractivity contribution in [3.8, 4) is 22.6 Å². The molecule has 1 unspecified atom stereocenters. The van der Waals surface area contributed by atoms with Crippen molar-refractivity contribution in [1.29, 1.82) is 0 Å². The van der Waals surface area contributed by atoms with Crippen LogP contribution in [-0.2, 0) is 11.2 Å². The van der Waals surface area contributed by atoms with E-state index in [2.05, 4.69) is 0 Å². The van der Waals surface area contributed by atoms with Crippen LogP contribution in [0.5, 0.6) is 11.5 Å². The van der Waals surface area contributed by atoms with Gasteiger partial charge in [-0.15, -0.1) is 0 Å². The van der Waals surface area contributed by atoms with Crippen molar-refractivity contribution in [3.05, 3.63) is 83.4 Å². The monoisotopic (exact) mass is 473 g/mol. The number of phenols is 1. The predicted octanol–water partition coefficient (Wildman–Crippen LogP) is 3.79. The maximum Gasteiger partial charge on any atom is 0.252 e. The molecule has 1 aliphatic heterocycles. The normalized spacial score (nSPS) is 15.0. The summed E-state index contributed by atoms with van der Waals surface area (Å²) in [7, 11) is 0. The molecule has 3 aromatic carbocycles. The topological polar surface area (TPSA) is 119 Å². The van der Waals surface area contributed by atoms with E-state index in [-0.39, 0.29) is 23.8 Å². The van der Waals surface area contributed by atoms with E-state index in [9.17, 15) is 14.7 Å². The first kappa shape index (κ1) is 24.3. The summed E-state index contributed by atoms with van der Waals surface area (Å²) in [5.41, 5.74) is 15.7. The highest BCUT2D eigenvalue weighted by Gasteiger charge is 2.25. The molecule has 5 N–H and O–H groups in total. The molecule has 7 heteroatoms. The first-order valence-electron chi connectivity index (χ1n) is 11.8. The summed E-state index contributed by atoms with van der Waals surface area (Å²) in [4.78, 5) is 26.7. The fraction of sp³-hybridized carbons (Fsp3) is 0.286. The number of hydrogen-bond acceptors (Lipinski definition) is 5. The van der Waals surface area contributed by atoms with Crippen LogP contribution in [0.4, 0.5) is 0 Å². The number of piperidine rings is 1. The lowest BCUT2D eigenvalue weighted by Crippen LogP contribution is -2.42. The number of carbonyl (C=O) groups excluding carboxylic acids is 2. The van der Waals surface area contributed by atoms with Crippen molar-refractivity contribution in [2.75, 3.05) is 13.1 Å². The molecule has 0 saturated carbocycles. The molecule has 0 aromatic heterocycles. The quantitative estimate of drug-likeness (QED) is 0.482. The van der Waals surface area contributed by atoms with E-state index in [1.54, 1.807) is 36.4 Å². The number of hydrogen-bond donors (Lipinski definition) is 3. The number of phenolic OH excluding ortho intramolecular Hbond substituents is 1. The van der Waals surface area contributed by atoms with Gasteiger partial charge in [0, 0.05) is 32.0 Å². The zero-order chi connectivity index (χ0) is 24.9. The van der Waals surface area contributed by atoms with Crippen LogP contribution in [0.1, 0.15) is 47.3 Å². The number of nitrogens with zero attached hydrogens (tertiary/aromatic N) is 1. The third-order valence-electron chi connectivity index (χ3n) is 6.39. The van der Waals surface area contributed by atoms with Crippen LogP contribution < -0.4 is 16.2 Å².